The van der Waals surface area contributed by atoms with E-state index in [9.17, 15) is 9.59 Å². The van der Waals surface area contributed by atoms with Gasteiger partial charge in [-0.15, -0.1) is 0 Å². The van der Waals surface area contributed by atoms with E-state index < -0.39 is 17.4 Å². The quantitative estimate of drug-likeness (QED) is 0.675. The summed E-state index contributed by atoms with van der Waals surface area (Å²) in [5, 5.41) is 11.8. The summed E-state index contributed by atoms with van der Waals surface area (Å²) >= 11 is 0. The van der Waals surface area contributed by atoms with Crippen LogP contribution in [0.5, 0.6) is 0 Å². The zero-order valence-corrected chi connectivity index (χ0v) is 11.2. The summed E-state index contributed by atoms with van der Waals surface area (Å²) in [6, 6.07) is 0. The molecule has 0 aromatic heterocycles. The number of amides is 1. The van der Waals surface area contributed by atoms with Crippen LogP contribution in [0.15, 0.2) is 0 Å². The van der Waals surface area contributed by atoms with Gasteiger partial charge in [-0.3, -0.25) is 14.5 Å². The molecule has 0 aromatic carbocycles. The fourth-order valence-corrected chi connectivity index (χ4v) is 2.07. The van der Waals surface area contributed by atoms with Crippen molar-refractivity contribution in [3.63, 3.8) is 0 Å². The van der Waals surface area contributed by atoms with Gasteiger partial charge in [0.2, 0.25) is 5.91 Å². The third-order valence-corrected chi connectivity index (χ3v) is 3.42. The van der Waals surface area contributed by atoms with E-state index in [2.05, 4.69) is 5.32 Å². The maximum atomic E-state index is 12.0. The number of carboxylic acid groups (broad SMARTS) is 1. The lowest BCUT2D eigenvalue weighted by Crippen LogP contribution is -2.53. The molecule has 1 saturated heterocycles. The molecular formula is C12H22N2O4. The molecule has 1 unspecified atom stereocenters. The van der Waals surface area contributed by atoms with Gasteiger partial charge in [-0.1, -0.05) is 0 Å². The zero-order valence-electron chi connectivity index (χ0n) is 11.2. The third-order valence-electron chi connectivity index (χ3n) is 3.42. The van der Waals surface area contributed by atoms with Gasteiger partial charge in [0.05, 0.1) is 11.5 Å². The van der Waals surface area contributed by atoms with Gasteiger partial charge in [0.15, 0.2) is 0 Å². The van der Waals surface area contributed by atoms with Crippen LogP contribution >= 0.6 is 0 Å². The van der Waals surface area contributed by atoms with Gasteiger partial charge < -0.3 is 15.2 Å². The monoisotopic (exact) mass is 258 g/mol. The Labute approximate surface area is 107 Å². The highest BCUT2D eigenvalue weighted by Gasteiger charge is 2.39. The maximum absolute atomic E-state index is 12.0. The Bertz CT molecular complexity index is 317. The van der Waals surface area contributed by atoms with Crippen molar-refractivity contribution in [2.45, 2.75) is 25.8 Å². The Morgan fingerprint density at radius 3 is 2.83 bits per heavy atom. The van der Waals surface area contributed by atoms with Gasteiger partial charge in [0, 0.05) is 33.4 Å². The fraction of sp³-hybridized carbons (Fsp3) is 0.833. The molecule has 0 aromatic rings. The number of methoxy groups -OCH3 is 1. The average Bonchev–Trinajstić information content (AvgIpc) is 2.40. The molecule has 0 saturated carbocycles. The van der Waals surface area contributed by atoms with Crippen LogP contribution in [-0.4, -0.2) is 60.8 Å². The molecule has 0 aliphatic carbocycles. The first-order valence-electron chi connectivity index (χ1n) is 6.14. The molecule has 1 fully saturated rings. The summed E-state index contributed by atoms with van der Waals surface area (Å²) in [4.78, 5) is 25.0. The summed E-state index contributed by atoms with van der Waals surface area (Å²) in [6.07, 6.45) is 0.777. The Morgan fingerprint density at radius 1 is 1.61 bits per heavy atom. The second-order valence-electron chi connectivity index (χ2n) is 5.10. The van der Waals surface area contributed by atoms with Crippen LogP contribution < -0.4 is 5.32 Å². The van der Waals surface area contributed by atoms with Crippen molar-refractivity contribution in [2.75, 3.05) is 33.4 Å². The summed E-state index contributed by atoms with van der Waals surface area (Å²) in [5.74, 6) is -1.55. The molecule has 2 N–H and O–H groups in total. The lowest BCUT2D eigenvalue weighted by Gasteiger charge is -2.35. The highest BCUT2D eigenvalue weighted by molar-refractivity contribution is 5.86. The average molecular weight is 258 g/mol. The molecule has 6 nitrogen and oxygen atoms in total. The Morgan fingerprint density at radius 2 is 2.28 bits per heavy atom. The molecule has 0 radical (unpaired) electrons. The van der Waals surface area contributed by atoms with Crippen LogP contribution in [0.4, 0.5) is 0 Å². The third kappa shape index (κ3) is 3.43. The van der Waals surface area contributed by atoms with E-state index in [0.717, 1.165) is 6.42 Å². The molecule has 1 rings (SSSR count). The Kier molecular flexibility index (Phi) is 5.10. The molecule has 104 valence electrons. The first-order valence-corrected chi connectivity index (χ1v) is 6.14. The molecule has 1 amide bonds. The van der Waals surface area contributed by atoms with Crippen molar-refractivity contribution in [3.05, 3.63) is 0 Å². The van der Waals surface area contributed by atoms with E-state index in [-0.39, 0.29) is 12.5 Å². The van der Waals surface area contributed by atoms with Gasteiger partial charge >= 0.3 is 5.97 Å². The van der Waals surface area contributed by atoms with Crippen LogP contribution in [0.2, 0.25) is 0 Å². The summed E-state index contributed by atoms with van der Waals surface area (Å²) in [6.45, 7) is 5.46. The van der Waals surface area contributed by atoms with E-state index in [0.29, 0.717) is 19.7 Å². The fourth-order valence-electron chi connectivity index (χ4n) is 2.07. The minimum atomic E-state index is -0.871. The van der Waals surface area contributed by atoms with Crippen molar-refractivity contribution in [3.8, 4) is 0 Å². The molecule has 1 heterocycles. The van der Waals surface area contributed by atoms with E-state index in [1.807, 2.05) is 18.7 Å². The van der Waals surface area contributed by atoms with Crippen molar-refractivity contribution >= 4 is 11.9 Å². The topological polar surface area (TPSA) is 78.9 Å². The number of carbonyl (C=O) groups is 2. The maximum Gasteiger partial charge on any atom is 0.309 e. The van der Waals surface area contributed by atoms with Crippen LogP contribution in [0.1, 0.15) is 20.3 Å². The normalized spacial score (nSPS) is 24.4. The number of aliphatic carboxylic acids is 1. The van der Waals surface area contributed by atoms with Crippen molar-refractivity contribution in [2.24, 2.45) is 5.92 Å². The van der Waals surface area contributed by atoms with E-state index in [1.54, 1.807) is 7.11 Å². The largest absolute Gasteiger partial charge is 0.481 e. The van der Waals surface area contributed by atoms with Crippen LogP contribution in [0.3, 0.4) is 0 Å². The first kappa shape index (κ1) is 14.9. The second kappa shape index (κ2) is 6.15. The lowest BCUT2D eigenvalue weighted by atomic mass is 10.0. The summed E-state index contributed by atoms with van der Waals surface area (Å²) < 4.78 is 4.99. The number of hydrogen-bond acceptors (Lipinski definition) is 4. The Balaban J connectivity index is 2.77. The van der Waals surface area contributed by atoms with Gasteiger partial charge in [0.1, 0.15) is 0 Å². The lowest BCUT2D eigenvalue weighted by molar-refractivity contribution is -0.142. The van der Waals surface area contributed by atoms with E-state index >= 15 is 0 Å². The van der Waals surface area contributed by atoms with Crippen LogP contribution in [-0.2, 0) is 14.3 Å². The zero-order chi connectivity index (χ0) is 13.8. The number of rotatable bonds is 5. The minimum Gasteiger partial charge on any atom is -0.481 e. The molecule has 1 aliphatic rings. The molecule has 0 bridgehead atoms. The predicted molar refractivity (Wildman–Crippen MR) is 66.3 cm³/mol. The number of nitrogens with one attached hydrogen (secondary N) is 1. The number of ether oxygens (including phenoxy) is 1. The number of carboxylic acids is 1. The SMILES string of the molecule is COCCCN1CC(C(=O)O)CNC(=O)C1(C)C. The first-order chi connectivity index (χ1) is 8.39. The van der Waals surface area contributed by atoms with E-state index in [1.165, 1.54) is 0 Å². The van der Waals surface area contributed by atoms with Crippen LogP contribution in [0, 0.1) is 5.92 Å². The van der Waals surface area contributed by atoms with Crippen molar-refractivity contribution in [1.29, 1.82) is 0 Å². The Hall–Kier alpha value is -1.14. The van der Waals surface area contributed by atoms with Crippen molar-refractivity contribution in [1.82, 2.24) is 10.2 Å². The number of hydrogen-bond donors (Lipinski definition) is 2. The summed E-state index contributed by atoms with van der Waals surface area (Å²) in [5.41, 5.74) is -0.683. The van der Waals surface area contributed by atoms with Gasteiger partial charge in [0.25, 0.3) is 0 Å². The summed E-state index contributed by atoms with van der Waals surface area (Å²) in [7, 11) is 1.63. The molecule has 0 spiro atoms. The van der Waals surface area contributed by atoms with Gasteiger partial charge in [-0.2, -0.15) is 0 Å². The van der Waals surface area contributed by atoms with Gasteiger partial charge in [-0.05, 0) is 20.3 Å². The predicted octanol–water partition coefficient (Wildman–Crippen LogP) is -0.0659. The van der Waals surface area contributed by atoms with Gasteiger partial charge in [-0.25, -0.2) is 0 Å². The standard InChI is InChI=1S/C12H22N2O4/c1-12(2)11(17)13-7-9(10(15)16)8-14(12)5-4-6-18-3/h9H,4-8H2,1-3H3,(H,13,17)(H,15,16). The van der Waals surface area contributed by atoms with Crippen LogP contribution in [0.25, 0.3) is 0 Å². The number of carbonyl (C=O) groups excluding carboxylic acids is 1. The minimum absolute atomic E-state index is 0.122. The highest BCUT2D eigenvalue weighted by Crippen LogP contribution is 2.20. The van der Waals surface area contributed by atoms with E-state index in [4.69, 9.17) is 9.84 Å². The number of nitrogens with zero attached hydrogens (tertiary/aromatic N) is 1. The molecule has 1 aliphatic heterocycles. The second-order valence-corrected chi connectivity index (χ2v) is 5.10. The molecule has 1 atom stereocenters. The molecule has 6 heteroatoms. The highest BCUT2D eigenvalue weighted by atomic mass is 16.5. The molecule has 18 heavy (non-hydrogen) atoms. The van der Waals surface area contributed by atoms with Crippen molar-refractivity contribution < 1.29 is 19.4 Å². The smallest absolute Gasteiger partial charge is 0.309 e. The molecular weight excluding hydrogens is 236 g/mol.